The van der Waals surface area contributed by atoms with Crippen molar-refractivity contribution in [2.24, 2.45) is 0 Å². The largest absolute Gasteiger partial charge is 0.444 e. The van der Waals surface area contributed by atoms with Crippen LogP contribution in [0.4, 0.5) is 5.95 Å². The van der Waals surface area contributed by atoms with E-state index in [0.29, 0.717) is 17.4 Å². The minimum atomic E-state index is -0.192. The van der Waals surface area contributed by atoms with Crippen molar-refractivity contribution >= 4 is 17.0 Å². The van der Waals surface area contributed by atoms with Gasteiger partial charge in [0.05, 0.1) is 28.9 Å². The number of anilines is 1. The average molecular weight is 267 g/mol. The predicted molar refractivity (Wildman–Crippen MR) is 73.9 cm³/mol. The molecule has 0 aliphatic carbocycles. The van der Waals surface area contributed by atoms with Crippen molar-refractivity contribution in [1.29, 1.82) is 5.26 Å². The number of hydrogen-bond donors (Lipinski definition) is 1. The molecule has 3 rings (SSSR count). The summed E-state index contributed by atoms with van der Waals surface area (Å²) in [7, 11) is 0. The second-order valence-electron chi connectivity index (χ2n) is 4.64. The highest BCUT2D eigenvalue weighted by molar-refractivity contribution is 5.80. The van der Waals surface area contributed by atoms with E-state index in [9.17, 15) is 0 Å². The Morgan fingerprint density at radius 3 is 2.90 bits per heavy atom. The smallest absolute Gasteiger partial charge is 0.217 e. The van der Waals surface area contributed by atoms with Crippen LogP contribution in [-0.2, 0) is 0 Å². The Kier molecular flexibility index (Phi) is 2.68. The lowest BCUT2D eigenvalue weighted by atomic mass is 10.2. The third-order valence-electron chi connectivity index (χ3n) is 3.23. The maximum absolute atomic E-state index is 9.01. The van der Waals surface area contributed by atoms with Gasteiger partial charge in [-0.25, -0.2) is 9.97 Å². The quantitative estimate of drug-likeness (QED) is 0.769. The molecule has 0 spiro atoms. The molecule has 2 heterocycles. The molecule has 6 heteroatoms. The van der Waals surface area contributed by atoms with Crippen LogP contribution in [0.2, 0.25) is 0 Å². The van der Waals surface area contributed by atoms with E-state index in [1.807, 2.05) is 18.4 Å². The van der Waals surface area contributed by atoms with E-state index in [0.717, 1.165) is 16.8 Å². The Hall–Kier alpha value is -2.81. The molecule has 0 aliphatic rings. The number of imidazole rings is 1. The van der Waals surface area contributed by atoms with Crippen LogP contribution < -0.4 is 5.73 Å². The van der Waals surface area contributed by atoms with Crippen LogP contribution in [0.15, 0.2) is 28.8 Å². The van der Waals surface area contributed by atoms with Gasteiger partial charge < -0.3 is 10.2 Å². The van der Waals surface area contributed by atoms with E-state index in [4.69, 9.17) is 15.4 Å². The van der Waals surface area contributed by atoms with Crippen LogP contribution in [0, 0.1) is 18.3 Å². The number of aryl methyl sites for hydroxylation is 1. The van der Waals surface area contributed by atoms with Gasteiger partial charge in [0.2, 0.25) is 11.8 Å². The molecule has 2 N–H and O–H groups in total. The number of nitrogen functional groups attached to an aromatic ring is 1. The van der Waals surface area contributed by atoms with Gasteiger partial charge in [-0.2, -0.15) is 5.26 Å². The van der Waals surface area contributed by atoms with Gasteiger partial charge in [0.25, 0.3) is 0 Å². The summed E-state index contributed by atoms with van der Waals surface area (Å²) in [6.45, 7) is 3.77. The Morgan fingerprint density at radius 2 is 2.25 bits per heavy atom. The monoisotopic (exact) mass is 267 g/mol. The molecule has 0 radical (unpaired) electrons. The zero-order valence-corrected chi connectivity index (χ0v) is 11.2. The number of hydrogen-bond acceptors (Lipinski definition) is 5. The molecule has 1 atom stereocenters. The molecule has 6 nitrogen and oxygen atoms in total. The Bertz CT molecular complexity index is 824. The van der Waals surface area contributed by atoms with Crippen LogP contribution in [0.25, 0.3) is 11.0 Å². The van der Waals surface area contributed by atoms with Crippen molar-refractivity contribution in [1.82, 2.24) is 14.5 Å². The summed E-state index contributed by atoms with van der Waals surface area (Å²) >= 11 is 0. The van der Waals surface area contributed by atoms with Crippen molar-refractivity contribution in [3.8, 4) is 6.07 Å². The van der Waals surface area contributed by atoms with Gasteiger partial charge in [-0.05, 0) is 32.0 Å². The van der Waals surface area contributed by atoms with Gasteiger partial charge in [0.1, 0.15) is 11.8 Å². The number of fused-ring (bicyclic) bond motifs is 1. The van der Waals surface area contributed by atoms with Gasteiger partial charge in [-0.1, -0.05) is 0 Å². The minimum Gasteiger partial charge on any atom is -0.444 e. The topological polar surface area (TPSA) is 93.7 Å². The summed E-state index contributed by atoms with van der Waals surface area (Å²) in [5.74, 6) is 1.68. The van der Waals surface area contributed by atoms with Gasteiger partial charge in [-0.15, -0.1) is 0 Å². The Balaban J connectivity index is 2.19. The fourth-order valence-electron chi connectivity index (χ4n) is 2.26. The van der Waals surface area contributed by atoms with E-state index < -0.39 is 0 Å². The van der Waals surface area contributed by atoms with E-state index in [2.05, 4.69) is 16.0 Å². The summed E-state index contributed by atoms with van der Waals surface area (Å²) in [6.07, 6.45) is 1.67. The van der Waals surface area contributed by atoms with E-state index in [1.165, 1.54) is 0 Å². The molecule has 0 saturated carbocycles. The van der Waals surface area contributed by atoms with Crippen LogP contribution in [0.5, 0.6) is 0 Å². The molecule has 0 bridgehead atoms. The summed E-state index contributed by atoms with van der Waals surface area (Å²) in [5, 5.41) is 9.01. The number of benzene rings is 1. The molecular weight excluding hydrogens is 254 g/mol. The summed E-state index contributed by atoms with van der Waals surface area (Å²) in [5.41, 5.74) is 8.10. The first-order valence-electron chi connectivity index (χ1n) is 6.20. The van der Waals surface area contributed by atoms with E-state index in [-0.39, 0.29) is 6.04 Å². The van der Waals surface area contributed by atoms with Crippen LogP contribution in [-0.4, -0.2) is 14.5 Å². The first-order valence-corrected chi connectivity index (χ1v) is 6.20. The standard InChI is InChI=1S/C14H13N5O/c1-8-7-17-13(20-8)9(2)19-12-5-10(6-15)3-4-11(12)18-14(19)16/h3-5,7,9H,1-2H3,(H2,16,18). The van der Waals surface area contributed by atoms with E-state index in [1.54, 1.807) is 24.4 Å². The molecule has 3 aromatic rings. The highest BCUT2D eigenvalue weighted by atomic mass is 16.4. The van der Waals surface area contributed by atoms with Gasteiger partial charge >= 0.3 is 0 Å². The molecule has 1 aromatic carbocycles. The first-order chi connectivity index (χ1) is 9.60. The normalized spacial score (nSPS) is 12.4. The van der Waals surface area contributed by atoms with Gasteiger partial charge in [0, 0.05) is 0 Å². The first kappa shape index (κ1) is 12.2. The van der Waals surface area contributed by atoms with E-state index >= 15 is 0 Å². The average Bonchev–Trinajstić information content (AvgIpc) is 3.00. The SMILES string of the molecule is Cc1cnc(C(C)n2c(N)nc3ccc(C#N)cc32)o1. The zero-order valence-electron chi connectivity index (χ0n) is 11.2. The minimum absolute atomic E-state index is 0.192. The van der Waals surface area contributed by atoms with Gasteiger partial charge in [0.15, 0.2) is 0 Å². The molecular formula is C14H13N5O. The molecule has 0 saturated heterocycles. The molecule has 0 amide bonds. The molecule has 1 unspecified atom stereocenters. The summed E-state index contributed by atoms with van der Waals surface area (Å²) in [6, 6.07) is 7.20. The van der Waals surface area contributed by atoms with Crippen LogP contribution in [0.1, 0.15) is 30.2 Å². The predicted octanol–water partition coefficient (Wildman–Crippen LogP) is 2.40. The number of nitrogens with two attached hydrogens (primary N) is 1. The van der Waals surface area contributed by atoms with Crippen molar-refractivity contribution in [2.75, 3.05) is 5.73 Å². The second kappa shape index (κ2) is 4.38. The zero-order chi connectivity index (χ0) is 14.3. The maximum atomic E-state index is 9.01. The number of oxazole rings is 1. The molecule has 20 heavy (non-hydrogen) atoms. The number of rotatable bonds is 2. The third kappa shape index (κ3) is 1.80. The Morgan fingerprint density at radius 1 is 1.45 bits per heavy atom. The lowest BCUT2D eigenvalue weighted by molar-refractivity contribution is 0.421. The number of nitrogens with zero attached hydrogens (tertiary/aromatic N) is 4. The highest BCUT2D eigenvalue weighted by Gasteiger charge is 2.19. The maximum Gasteiger partial charge on any atom is 0.217 e. The van der Waals surface area contributed by atoms with Crippen molar-refractivity contribution < 1.29 is 4.42 Å². The lowest BCUT2D eigenvalue weighted by Crippen LogP contribution is -2.10. The summed E-state index contributed by atoms with van der Waals surface area (Å²) in [4.78, 5) is 8.53. The Labute approximate surface area is 115 Å². The van der Waals surface area contributed by atoms with Crippen molar-refractivity contribution in [3.05, 3.63) is 41.6 Å². The number of aromatic nitrogens is 3. The molecule has 0 fully saturated rings. The van der Waals surface area contributed by atoms with Crippen LogP contribution in [0.3, 0.4) is 0 Å². The molecule has 2 aromatic heterocycles. The molecule has 0 aliphatic heterocycles. The summed E-state index contributed by atoms with van der Waals surface area (Å²) < 4.78 is 7.37. The third-order valence-corrected chi connectivity index (χ3v) is 3.23. The second-order valence-corrected chi connectivity index (χ2v) is 4.64. The fraction of sp³-hybridized carbons (Fsp3) is 0.214. The molecule has 100 valence electrons. The highest BCUT2D eigenvalue weighted by Crippen LogP contribution is 2.27. The fourth-order valence-corrected chi connectivity index (χ4v) is 2.26. The van der Waals surface area contributed by atoms with Crippen LogP contribution >= 0.6 is 0 Å². The van der Waals surface area contributed by atoms with Gasteiger partial charge in [-0.3, -0.25) is 4.57 Å². The lowest BCUT2D eigenvalue weighted by Gasteiger charge is -2.12. The van der Waals surface area contributed by atoms with Crippen molar-refractivity contribution in [2.45, 2.75) is 19.9 Å². The number of nitriles is 1. The van der Waals surface area contributed by atoms with Crippen molar-refractivity contribution in [3.63, 3.8) is 0 Å².